The van der Waals surface area contributed by atoms with E-state index in [1.165, 1.54) is 6.42 Å². The summed E-state index contributed by atoms with van der Waals surface area (Å²) in [5.41, 5.74) is 0.376. The molecule has 0 aliphatic heterocycles. The van der Waals surface area contributed by atoms with Crippen LogP contribution in [0.2, 0.25) is 0 Å². The van der Waals surface area contributed by atoms with E-state index in [4.69, 9.17) is 0 Å². The van der Waals surface area contributed by atoms with Crippen molar-refractivity contribution in [3.05, 3.63) is 0 Å². The zero-order chi connectivity index (χ0) is 9.61. The molecule has 3 heteroatoms. The van der Waals surface area contributed by atoms with Crippen LogP contribution in [0.15, 0.2) is 0 Å². The summed E-state index contributed by atoms with van der Waals surface area (Å²) in [5.74, 6) is -0.925. The van der Waals surface area contributed by atoms with Crippen molar-refractivity contribution >= 4 is 5.97 Å². The maximum Gasteiger partial charge on any atom is 1.00 e. The molecule has 0 spiro atoms. The van der Waals surface area contributed by atoms with Crippen LogP contribution in [0.3, 0.4) is 0 Å². The van der Waals surface area contributed by atoms with E-state index in [2.05, 4.69) is 20.8 Å². The molecule has 82 valence electrons. The normalized spacial score (nSPS) is 10.7. The van der Waals surface area contributed by atoms with E-state index in [1.54, 1.807) is 0 Å². The SMILES string of the molecule is CC(C)(C)CCCCCC(=O)[O-].[Ag+]. The molecule has 0 heterocycles. The maximum atomic E-state index is 10.0. The van der Waals surface area contributed by atoms with E-state index in [0.29, 0.717) is 5.41 Å². The largest absolute Gasteiger partial charge is 1.00 e. The molecule has 13 heavy (non-hydrogen) atoms. The van der Waals surface area contributed by atoms with Crippen LogP contribution in [0.1, 0.15) is 52.9 Å². The molecule has 0 bridgehead atoms. The van der Waals surface area contributed by atoms with Crippen molar-refractivity contribution in [2.75, 3.05) is 0 Å². The molecule has 0 atom stereocenters. The zero-order valence-electron chi connectivity index (χ0n) is 8.65. The van der Waals surface area contributed by atoms with Gasteiger partial charge in [0.1, 0.15) is 0 Å². The van der Waals surface area contributed by atoms with E-state index < -0.39 is 5.97 Å². The Bertz CT molecular complexity index is 138. The van der Waals surface area contributed by atoms with Gasteiger partial charge in [0.2, 0.25) is 0 Å². The van der Waals surface area contributed by atoms with Crippen molar-refractivity contribution in [2.45, 2.75) is 52.9 Å². The number of carboxylic acids is 1. The second-order valence-electron chi connectivity index (χ2n) is 4.49. The van der Waals surface area contributed by atoms with Crippen molar-refractivity contribution in [2.24, 2.45) is 5.41 Å². The summed E-state index contributed by atoms with van der Waals surface area (Å²) >= 11 is 0. The topological polar surface area (TPSA) is 40.1 Å². The van der Waals surface area contributed by atoms with Crippen LogP contribution in [-0.2, 0) is 27.2 Å². The minimum absolute atomic E-state index is 0. The summed E-state index contributed by atoms with van der Waals surface area (Å²) in [6.07, 6.45) is 4.27. The maximum absolute atomic E-state index is 10.0. The first kappa shape index (κ1) is 15.7. The van der Waals surface area contributed by atoms with E-state index in [9.17, 15) is 9.90 Å². The van der Waals surface area contributed by atoms with Gasteiger partial charge in [-0.05, 0) is 24.7 Å². The third-order valence-electron chi connectivity index (χ3n) is 1.81. The number of carbonyl (C=O) groups excluding carboxylic acids is 1. The van der Waals surface area contributed by atoms with Crippen LogP contribution in [0.5, 0.6) is 0 Å². The predicted octanol–water partition coefficient (Wildman–Crippen LogP) is 1.73. The summed E-state index contributed by atoms with van der Waals surface area (Å²) in [4.78, 5) is 10.0. The van der Waals surface area contributed by atoms with Crippen molar-refractivity contribution in [3.8, 4) is 0 Å². The molecule has 0 saturated carbocycles. The van der Waals surface area contributed by atoms with Crippen LogP contribution in [0.25, 0.3) is 0 Å². The van der Waals surface area contributed by atoms with Crippen molar-refractivity contribution in [1.82, 2.24) is 0 Å². The Morgan fingerprint density at radius 2 is 1.69 bits per heavy atom. The second-order valence-corrected chi connectivity index (χ2v) is 4.49. The van der Waals surface area contributed by atoms with Gasteiger partial charge in [-0.1, -0.05) is 33.6 Å². The molecule has 0 unspecified atom stereocenters. The van der Waals surface area contributed by atoms with Gasteiger partial charge in [-0.2, -0.15) is 0 Å². The summed E-state index contributed by atoms with van der Waals surface area (Å²) in [5, 5.41) is 10.0. The Labute approximate surface area is 96.6 Å². The minimum atomic E-state index is -0.925. The van der Waals surface area contributed by atoms with Crippen LogP contribution >= 0.6 is 0 Å². The molecule has 0 aliphatic rings. The molecular weight excluding hydrogens is 260 g/mol. The van der Waals surface area contributed by atoms with E-state index >= 15 is 0 Å². The van der Waals surface area contributed by atoms with E-state index in [0.717, 1.165) is 19.3 Å². The number of hydrogen-bond acceptors (Lipinski definition) is 2. The summed E-state index contributed by atoms with van der Waals surface area (Å²) in [7, 11) is 0. The molecule has 0 saturated heterocycles. The first-order valence-corrected chi connectivity index (χ1v) is 4.62. The third-order valence-corrected chi connectivity index (χ3v) is 1.81. The number of hydrogen-bond donors (Lipinski definition) is 0. The fraction of sp³-hybridized carbons (Fsp3) is 0.900. The predicted molar refractivity (Wildman–Crippen MR) is 47.5 cm³/mol. The van der Waals surface area contributed by atoms with Crippen molar-refractivity contribution in [1.29, 1.82) is 0 Å². The van der Waals surface area contributed by atoms with Gasteiger partial charge in [-0.3, -0.25) is 0 Å². The minimum Gasteiger partial charge on any atom is -0.550 e. The molecular formula is C10H19AgO2. The first-order chi connectivity index (χ1) is 5.42. The van der Waals surface area contributed by atoms with Gasteiger partial charge in [-0.15, -0.1) is 0 Å². The van der Waals surface area contributed by atoms with Gasteiger partial charge in [0.15, 0.2) is 0 Å². The molecule has 0 aromatic rings. The molecule has 0 aromatic heterocycles. The number of rotatable bonds is 5. The summed E-state index contributed by atoms with van der Waals surface area (Å²) < 4.78 is 0. The van der Waals surface area contributed by atoms with Gasteiger partial charge >= 0.3 is 22.4 Å². The Morgan fingerprint density at radius 3 is 2.08 bits per heavy atom. The molecule has 0 N–H and O–H groups in total. The monoisotopic (exact) mass is 278 g/mol. The fourth-order valence-electron chi connectivity index (χ4n) is 1.10. The second kappa shape index (κ2) is 7.60. The molecule has 0 radical (unpaired) electrons. The molecule has 2 nitrogen and oxygen atoms in total. The van der Waals surface area contributed by atoms with Crippen LogP contribution < -0.4 is 5.11 Å². The molecule has 0 aromatic carbocycles. The molecule has 0 fully saturated rings. The molecule has 0 amide bonds. The average Bonchev–Trinajstić information content (AvgIpc) is 1.83. The summed E-state index contributed by atoms with van der Waals surface area (Å²) in [6, 6.07) is 0. The molecule has 0 aliphatic carbocycles. The standard InChI is InChI=1S/C10H20O2.Ag/c1-10(2,3)8-6-4-5-7-9(11)12;/h4-8H2,1-3H3,(H,11,12);/q;+1/p-1. The van der Waals surface area contributed by atoms with E-state index in [-0.39, 0.29) is 28.8 Å². The molecule has 0 rings (SSSR count). The van der Waals surface area contributed by atoms with Crippen LogP contribution in [0, 0.1) is 5.41 Å². The summed E-state index contributed by atoms with van der Waals surface area (Å²) in [6.45, 7) is 6.60. The quantitative estimate of drug-likeness (QED) is 0.568. The Kier molecular flexibility index (Phi) is 9.16. The van der Waals surface area contributed by atoms with Crippen molar-refractivity contribution < 1.29 is 32.3 Å². The third kappa shape index (κ3) is 15.0. The fourth-order valence-corrected chi connectivity index (χ4v) is 1.10. The van der Waals surface area contributed by atoms with E-state index in [1.807, 2.05) is 0 Å². The Balaban J connectivity index is 0. The van der Waals surface area contributed by atoms with Gasteiger partial charge in [-0.25, -0.2) is 0 Å². The Hall–Kier alpha value is 0.210. The number of aliphatic carboxylic acids is 1. The zero-order valence-corrected chi connectivity index (χ0v) is 10.1. The van der Waals surface area contributed by atoms with Crippen LogP contribution in [-0.4, -0.2) is 5.97 Å². The smallest absolute Gasteiger partial charge is 0.550 e. The van der Waals surface area contributed by atoms with Gasteiger partial charge in [0.25, 0.3) is 0 Å². The Morgan fingerprint density at radius 1 is 1.15 bits per heavy atom. The van der Waals surface area contributed by atoms with Crippen molar-refractivity contribution in [3.63, 3.8) is 0 Å². The number of carboxylic acid groups (broad SMARTS) is 1. The van der Waals surface area contributed by atoms with Gasteiger partial charge in [0, 0.05) is 5.97 Å². The van der Waals surface area contributed by atoms with Gasteiger partial charge < -0.3 is 9.90 Å². The number of unbranched alkanes of at least 4 members (excludes halogenated alkanes) is 2. The first-order valence-electron chi connectivity index (χ1n) is 4.62. The van der Waals surface area contributed by atoms with Gasteiger partial charge in [0.05, 0.1) is 0 Å². The van der Waals surface area contributed by atoms with Crippen LogP contribution in [0.4, 0.5) is 0 Å². The average molecular weight is 279 g/mol. The number of carbonyl (C=O) groups is 1.